The number of ether oxygens (including phenoxy) is 2. The third-order valence-electron chi connectivity index (χ3n) is 5.67. The Labute approximate surface area is 210 Å². The fourth-order valence-corrected chi connectivity index (χ4v) is 3.53. The summed E-state index contributed by atoms with van der Waals surface area (Å²) >= 11 is 0. The third kappa shape index (κ3) is 8.05. The van der Waals surface area contributed by atoms with Gasteiger partial charge in [0.15, 0.2) is 11.5 Å². The maximum absolute atomic E-state index is 11.2. The molecule has 184 valence electrons. The first-order chi connectivity index (χ1) is 15.6. The van der Waals surface area contributed by atoms with Crippen molar-refractivity contribution in [3.8, 4) is 23.0 Å². The second-order valence-corrected chi connectivity index (χ2v) is 9.78. The van der Waals surface area contributed by atoms with E-state index in [1.807, 2.05) is 80.6 Å². The van der Waals surface area contributed by atoms with Gasteiger partial charge in [-0.25, -0.2) is 0 Å². The Morgan fingerprint density at radius 2 is 1.29 bits per heavy atom. The fraction of sp³-hybridized carbons (Fsp3) is 0.379. The molecular weight excluding hydrogens is 446 g/mol. The zero-order chi connectivity index (χ0) is 24.0. The number of hydrogen-bond donors (Lipinski definition) is 2. The molecule has 34 heavy (non-hydrogen) atoms. The predicted molar refractivity (Wildman–Crippen MR) is 143 cm³/mol. The third-order valence-corrected chi connectivity index (χ3v) is 5.67. The van der Waals surface area contributed by atoms with E-state index >= 15 is 0 Å². The van der Waals surface area contributed by atoms with Gasteiger partial charge in [-0.1, -0.05) is 48.4 Å². The molecule has 0 amide bonds. The second-order valence-electron chi connectivity index (χ2n) is 9.78. The van der Waals surface area contributed by atoms with E-state index in [-0.39, 0.29) is 23.9 Å². The molecule has 0 bridgehead atoms. The minimum atomic E-state index is -0.612. The van der Waals surface area contributed by atoms with Crippen molar-refractivity contribution in [1.29, 1.82) is 0 Å². The van der Waals surface area contributed by atoms with Gasteiger partial charge in [-0.05, 0) is 83.0 Å². The minimum Gasteiger partial charge on any atom is -0.453 e. The molecule has 2 unspecified atom stereocenters. The van der Waals surface area contributed by atoms with Crippen LogP contribution >= 0.6 is 12.4 Å². The standard InChI is InChI=1S/C29H37NO3.ClH/c1-7-22(19-30-29(4,5)6)28(31)23-12-17-26(32-24-13-8-20(2)9-14-24)27(18-23)33-25-15-10-21(3)11-16-25;/h8-18,22,28,30-31H,7,19H2,1-6H3;1H. The number of nitrogens with one attached hydrogen (secondary N) is 1. The maximum atomic E-state index is 11.2. The minimum absolute atomic E-state index is 0. The molecule has 2 N–H and O–H groups in total. The summed E-state index contributed by atoms with van der Waals surface area (Å²) in [5.41, 5.74) is 3.15. The lowest BCUT2D eigenvalue weighted by molar-refractivity contribution is 0.100. The lowest BCUT2D eigenvalue weighted by atomic mass is 9.92. The molecule has 4 nitrogen and oxygen atoms in total. The number of benzene rings is 3. The average molecular weight is 484 g/mol. The Balaban J connectivity index is 0.00000408. The molecule has 0 saturated carbocycles. The molecule has 0 radical (unpaired) electrons. The van der Waals surface area contributed by atoms with E-state index in [2.05, 4.69) is 33.0 Å². The van der Waals surface area contributed by atoms with E-state index in [0.29, 0.717) is 11.5 Å². The normalized spacial score (nSPS) is 13.0. The fourth-order valence-electron chi connectivity index (χ4n) is 3.53. The Kier molecular flexibility index (Phi) is 9.99. The molecule has 0 saturated heterocycles. The molecule has 0 aliphatic carbocycles. The highest BCUT2D eigenvalue weighted by atomic mass is 35.5. The maximum Gasteiger partial charge on any atom is 0.170 e. The van der Waals surface area contributed by atoms with Crippen molar-refractivity contribution in [3.05, 3.63) is 83.4 Å². The Morgan fingerprint density at radius 3 is 1.76 bits per heavy atom. The lowest BCUT2D eigenvalue weighted by Gasteiger charge is -2.28. The largest absolute Gasteiger partial charge is 0.453 e. The first-order valence-corrected chi connectivity index (χ1v) is 11.7. The van der Waals surface area contributed by atoms with Crippen LogP contribution in [0.4, 0.5) is 0 Å². The van der Waals surface area contributed by atoms with Crippen LogP contribution in [0, 0.1) is 19.8 Å². The van der Waals surface area contributed by atoms with Crippen LogP contribution in [0.2, 0.25) is 0 Å². The monoisotopic (exact) mass is 483 g/mol. The van der Waals surface area contributed by atoms with Crippen molar-refractivity contribution in [2.24, 2.45) is 5.92 Å². The van der Waals surface area contributed by atoms with Crippen molar-refractivity contribution in [1.82, 2.24) is 5.32 Å². The van der Waals surface area contributed by atoms with Gasteiger partial charge in [-0.15, -0.1) is 12.4 Å². The molecule has 3 aromatic rings. The molecule has 0 spiro atoms. The van der Waals surface area contributed by atoms with Gasteiger partial charge in [0.1, 0.15) is 11.5 Å². The summed E-state index contributed by atoms with van der Waals surface area (Å²) in [6, 6.07) is 21.5. The molecule has 0 aliphatic rings. The van der Waals surface area contributed by atoms with E-state index in [1.54, 1.807) is 0 Å². The smallest absolute Gasteiger partial charge is 0.170 e. The van der Waals surface area contributed by atoms with E-state index < -0.39 is 6.10 Å². The Bertz CT molecular complexity index is 1030. The van der Waals surface area contributed by atoms with Gasteiger partial charge in [0, 0.05) is 18.0 Å². The highest BCUT2D eigenvalue weighted by molar-refractivity contribution is 5.85. The van der Waals surface area contributed by atoms with Crippen LogP contribution in [-0.2, 0) is 0 Å². The lowest BCUT2D eigenvalue weighted by Crippen LogP contribution is -2.40. The predicted octanol–water partition coefficient (Wildman–Crippen LogP) is 7.76. The number of aliphatic hydroxyl groups excluding tert-OH is 1. The molecule has 0 fully saturated rings. The van der Waals surface area contributed by atoms with E-state index in [0.717, 1.165) is 30.0 Å². The van der Waals surface area contributed by atoms with Crippen LogP contribution in [-0.4, -0.2) is 17.2 Å². The van der Waals surface area contributed by atoms with Gasteiger partial charge >= 0.3 is 0 Å². The number of halogens is 1. The zero-order valence-corrected chi connectivity index (χ0v) is 21.9. The highest BCUT2D eigenvalue weighted by Gasteiger charge is 2.23. The summed E-state index contributed by atoms with van der Waals surface area (Å²) in [4.78, 5) is 0. The number of hydrogen-bond acceptors (Lipinski definition) is 4. The quantitative estimate of drug-likeness (QED) is 0.326. The molecular formula is C29H38ClNO3. The first kappa shape index (κ1) is 27.7. The number of rotatable bonds is 9. The van der Waals surface area contributed by atoms with Crippen molar-refractivity contribution < 1.29 is 14.6 Å². The topological polar surface area (TPSA) is 50.7 Å². The summed E-state index contributed by atoms with van der Waals surface area (Å²) in [7, 11) is 0. The molecule has 3 aromatic carbocycles. The zero-order valence-electron chi connectivity index (χ0n) is 21.1. The number of aliphatic hydroxyl groups is 1. The van der Waals surface area contributed by atoms with E-state index in [4.69, 9.17) is 9.47 Å². The molecule has 0 aromatic heterocycles. The summed E-state index contributed by atoms with van der Waals surface area (Å²) in [6.45, 7) is 13.3. The van der Waals surface area contributed by atoms with Crippen molar-refractivity contribution in [3.63, 3.8) is 0 Å². The van der Waals surface area contributed by atoms with Gasteiger partial charge in [0.25, 0.3) is 0 Å². The Morgan fingerprint density at radius 1 is 0.794 bits per heavy atom. The Hall–Kier alpha value is -2.53. The van der Waals surface area contributed by atoms with Crippen LogP contribution < -0.4 is 14.8 Å². The van der Waals surface area contributed by atoms with Crippen molar-refractivity contribution in [2.75, 3.05) is 6.54 Å². The van der Waals surface area contributed by atoms with Gasteiger partial charge in [0.2, 0.25) is 0 Å². The van der Waals surface area contributed by atoms with Crippen LogP contribution in [0.15, 0.2) is 66.7 Å². The van der Waals surface area contributed by atoms with Gasteiger partial charge < -0.3 is 19.9 Å². The van der Waals surface area contributed by atoms with Gasteiger partial charge in [-0.2, -0.15) is 0 Å². The van der Waals surface area contributed by atoms with Crippen LogP contribution in [0.3, 0.4) is 0 Å². The average Bonchev–Trinajstić information content (AvgIpc) is 2.77. The molecule has 3 rings (SSSR count). The summed E-state index contributed by atoms with van der Waals surface area (Å²) < 4.78 is 12.4. The van der Waals surface area contributed by atoms with E-state index in [1.165, 1.54) is 11.1 Å². The highest BCUT2D eigenvalue weighted by Crippen LogP contribution is 2.38. The van der Waals surface area contributed by atoms with Crippen molar-refractivity contribution >= 4 is 12.4 Å². The summed E-state index contributed by atoms with van der Waals surface area (Å²) in [5, 5.41) is 14.7. The van der Waals surface area contributed by atoms with Gasteiger partial charge in [0.05, 0.1) is 6.10 Å². The van der Waals surface area contributed by atoms with Crippen LogP contribution in [0.25, 0.3) is 0 Å². The second kappa shape index (κ2) is 12.3. The van der Waals surface area contributed by atoms with Gasteiger partial charge in [-0.3, -0.25) is 0 Å². The van der Waals surface area contributed by atoms with Crippen LogP contribution in [0.1, 0.15) is 56.9 Å². The molecule has 5 heteroatoms. The van der Waals surface area contributed by atoms with E-state index in [9.17, 15) is 5.11 Å². The first-order valence-electron chi connectivity index (χ1n) is 11.7. The molecule has 0 heterocycles. The SMILES string of the molecule is CCC(CNC(C)(C)C)C(O)c1ccc(Oc2ccc(C)cc2)c(Oc2ccc(C)cc2)c1.Cl. The van der Waals surface area contributed by atoms with Crippen LogP contribution in [0.5, 0.6) is 23.0 Å². The summed E-state index contributed by atoms with van der Waals surface area (Å²) in [5.74, 6) is 2.73. The number of aryl methyl sites for hydroxylation is 2. The van der Waals surface area contributed by atoms with Crippen molar-refractivity contribution in [2.45, 2.75) is 59.6 Å². The summed E-state index contributed by atoms with van der Waals surface area (Å²) in [6.07, 6.45) is 0.249. The molecule has 0 aliphatic heterocycles. The molecule has 2 atom stereocenters.